The van der Waals surface area contributed by atoms with E-state index in [1.54, 1.807) is 0 Å². The van der Waals surface area contributed by atoms with E-state index in [-0.39, 0.29) is 11.3 Å². The third-order valence-electron chi connectivity index (χ3n) is 7.06. The van der Waals surface area contributed by atoms with Gasteiger partial charge in [0.15, 0.2) is 0 Å². The molecule has 2 unspecified atom stereocenters. The Balaban J connectivity index is 2.12. The van der Waals surface area contributed by atoms with Gasteiger partial charge in [0.1, 0.15) is 6.61 Å². The lowest BCUT2D eigenvalue weighted by molar-refractivity contribution is -0.157. The first-order valence-corrected chi connectivity index (χ1v) is 10.3. The van der Waals surface area contributed by atoms with Gasteiger partial charge in [-0.25, -0.2) is 0 Å². The van der Waals surface area contributed by atoms with Gasteiger partial charge in [-0.15, -0.1) is 0 Å². The van der Waals surface area contributed by atoms with E-state index in [0.29, 0.717) is 12.5 Å². The standard InChI is InChI=1S/C23H33NO3/c1-6-27-24-14-17-13-19-16(12-18(17)15(2)3)8-9-20-22(19,4)10-7-11-23(20,5)21(25)26/h12-15,20H,6-11H2,1-5H3,(H,25,26)/b24-14+/t20?,22-,23?/m1/s1. The molecule has 1 aromatic rings. The molecule has 0 saturated heterocycles. The zero-order valence-corrected chi connectivity index (χ0v) is 17.3. The summed E-state index contributed by atoms with van der Waals surface area (Å²) in [4.78, 5) is 17.3. The quantitative estimate of drug-likeness (QED) is 0.566. The van der Waals surface area contributed by atoms with Crippen LogP contribution in [0.15, 0.2) is 17.3 Å². The summed E-state index contributed by atoms with van der Waals surface area (Å²) in [6.07, 6.45) is 6.53. The van der Waals surface area contributed by atoms with Crippen LogP contribution in [-0.2, 0) is 21.5 Å². The van der Waals surface area contributed by atoms with E-state index in [4.69, 9.17) is 4.84 Å². The van der Waals surface area contributed by atoms with E-state index >= 15 is 0 Å². The van der Waals surface area contributed by atoms with Gasteiger partial charge in [-0.3, -0.25) is 4.79 Å². The number of fused-ring (bicyclic) bond motifs is 3. The monoisotopic (exact) mass is 371 g/mol. The molecule has 1 N–H and O–H groups in total. The predicted octanol–water partition coefficient (Wildman–Crippen LogP) is 5.28. The molecule has 1 saturated carbocycles. The Labute approximate surface area is 163 Å². The Kier molecular flexibility index (Phi) is 5.38. The van der Waals surface area contributed by atoms with Crippen molar-refractivity contribution in [1.82, 2.24) is 0 Å². The van der Waals surface area contributed by atoms with Crippen LogP contribution in [0.25, 0.3) is 0 Å². The summed E-state index contributed by atoms with van der Waals surface area (Å²) < 4.78 is 0. The zero-order valence-electron chi connectivity index (χ0n) is 17.3. The van der Waals surface area contributed by atoms with E-state index in [2.05, 4.69) is 38.1 Å². The summed E-state index contributed by atoms with van der Waals surface area (Å²) in [5, 5.41) is 14.1. The van der Waals surface area contributed by atoms with Gasteiger partial charge in [0.05, 0.1) is 11.6 Å². The van der Waals surface area contributed by atoms with Crippen molar-refractivity contribution in [3.8, 4) is 0 Å². The van der Waals surface area contributed by atoms with Crippen molar-refractivity contribution in [3.63, 3.8) is 0 Å². The van der Waals surface area contributed by atoms with Crippen LogP contribution in [0, 0.1) is 11.3 Å². The van der Waals surface area contributed by atoms with Gasteiger partial charge in [-0.1, -0.05) is 38.4 Å². The van der Waals surface area contributed by atoms with Crippen molar-refractivity contribution in [2.75, 3.05) is 6.61 Å². The number of hydrogen-bond acceptors (Lipinski definition) is 3. The smallest absolute Gasteiger partial charge is 0.309 e. The van der Waals surface area contributed by atoms with E-state index in [1.165, 1.54) is 16.7 Å². The lowest BCUT2D eigenvalue weighted by Crippen LogP contribution is -2.52. The van der Waals surface area contributed by atoms with E-state index in [1.807, 2.05) is 20.1 Å². The summed E-state index contributed by atoms with van der Waals surface area (Å²) in [5.74, 6) is -0.0660. The second-order valence-electron chi connectivity index (χ2n) is 9.03. The maximum atomic E-state index is 12.1. The summed E-state index contributed by atoms with van der Waals surface area (Å²) >= 11 is 0. The SMILES string of the molecule is CCO/N=C/c1cc2c(cc1C(C)C)CCC1C(C)(C(=O)O)CCC[C@]21C. The molecule has 3 atom stereocenters. The first-order chi connectivity index (χ1) is 12.7. The second-order valence-corrected chi connectivity index (χ2v) is 9.03. The highest BCUT2D eigenvalue weighted by Crippen LogP contribution is 2.57. The summed E-state index contributed by atoms with van der Waals surface area (Å²) in [5.41, 5.74) is 4.37. The molecule has 27 heavy (non-hydrogen) atoms. The number of carboxylic acid groups (broad SMARTS) is 1. The third kappa shape index (κ3) is 3.28. The van der Waals surface area contributed by atoms with Crippen LogP contribution >= 0.6 is 0 Å². The van der Waals surface area contributed by atoms with Crippen LogP contribution in [0.2, 0.25) is 0 Å². The summed E-state index contributed by atoms with van der Waals surface area (Å²) in [7, 11) is 0. The number of rotatable bonds is 5. The van der Waals surface area contributed by atoms with E-state index in [0.717, 1.165) is 37.7 Å². The Hall–Kier alpha value is -1.84. The number of aliphatic carboxylic acids is 1. The molecule has 0 spiro atoms. The molecule has 0 bridgehead atoms. The van der Waals surface area contributed by atoms with Gasteiger partial charge in [0, 0.05) is 0 Å². The fraction of sp³-hybridized carbons (Fsp3) is 0.652. The molecule has 2 aliphatic carbocycles. The van der Waals surface area contributed by atoms with E-state index in [9.17, 15) is 9.90 Å². The number of nitrogens with zero attached hydrogens (tertiary/aromatic N) is 1. The minimum atomic E-state index is -0.640. The molecule has 4 nitrogen and oxygen atoms in total. The fourth-order valence-corrected chi connectivity index (χ4v) is 5.59. The molecule has 3 rings (SSSR count). The van der Waals surface area contributed by atoms with Crippen molar-refractivity contribution >= 4 is 12.2 Å². The van der Waals surface area contributed by atoms with E-state index < -0.39 is 11.4 Å². The Bertz CT molecular complexity index is 754. The maximum Gasteiger partial charge on any atom is 0.309 e. The number of aryl methyl sites for hydroxylation is 1. The van der Waals surface area contributed by atoms with Crippen molar-refractivity contribution in [2.24, 2.45) is 16.5 Å². The number of hydrogen-bond donors (Lipinski definition) is 1. The number of carboxylic acids is 1. The highest BCUT2D eigenvalue weighted by Gasteiger charge is 2.55. The van der Waals surface area contributed by atoms with Crippen LogP contribution in [0.1, 0.15) is 88.5 Å². The Morgan fingerprint density at radius 2 is 2.11 bits per heavy atom. The Morgan fingerprint density at radius 1 is 1.37 bits per heavy atom. The second kappa shape index (κ2) is 7.29. The van der Waals surface area contributed by atoms with Crippen LogP contribution < -0.4 is 0 Å². The Morgan fingerprint density at radius 3 is 2.74 bits per heavy atom. The van der Waals surface area contributed by atoms with Gasteiger partial charge in [-0.2, -0.15) is 0 Å². The van der Waals surface area contributed by atoms with Crippen LogP contribution in [0.4, 0.5) is 0 Å². The normalized spacial score (nSPS) is 30.2. The molecular formula is C23H33NO3. The lowest BCUT2D eigenvalue weighted by Gasteiger charge is -2.53. The molecule has 1 fully saturated rings. The lowest BCUT2D eigenvalue weighted by atomic mass is 9.49. The van der Waals surface area contributed by atoms with Crippen molar-refractivity contribution in [2.45, 2.75) is 78.1 Å². The first kappa shape index (κ1) is 19.9. The van der Waals surface area contributed by atoms with Crippen LogP contribution in [0.5, 0.6) is 0 Å². The molecule has 0 aromatic heterocycles. The average Bonchev–Trinajstić information content (AvgIpc) is 2.61. The van der Waals surface area contributed by atoms with Crippen molar-refractivity contribution in [3.05, 3.63) is 34.4 Å². The van der Waals surface area contributed by atoms with Gasteiger partial charge < -0.3 is 9.94 Å². The highest BCUT2D eigenvalue weighted by atomic mass is 16.6. The number of oxime groups is 1. The van der Waals surface area contributed by atoms with Gasteiger partial charge in [0.2, 0.25) is 0 Å². The minimum absolute atomic E-state index is 0.0946. The largest absolute Gasteiger partial charge is 0.481 e. The molecule has 2 aliphatic rings. The summed E-state index contributed by atoms with van der Waals surface area (Å²) in [6.45, 7) is 11.1. The minimum Gasteiger partial charge on any atom is -0.481 e. The number of carbonyl (C=O) groups is 1. The van der Waals surface area contributed by atoms with Gasteiger partial charge >= 0.3 is 5.97 Å². The maximum absolute atomic E-state index is 12.1. The average molecular weight is 372 g/mol. The highest BCUT2D eigenvalue weighted by molar-refractivity contribution is 5.83. The van der Waals surface area contributed by atoms with Crippen molar-refractivity contribution < 1.29 is 14.7 Å². The topological polar surface area (TPSA) is 58.9 Å². The summed E-state index contributed by atoms with van der Waals surface area (Å²) in [6, 6.07) is 4.61. The predicted molar refractivity (Wildman–Crippen MR) is 109 cm³/mol. The van der Waals surface area contributed by atoms with Crippen LogP contribution in [0.3, 0.4) is 0 Å². The zero-order chi connectivity index (χ0) is 19.8. The van der Waals surface area contributed by atoms with Crippen LogP contribution in [-0.4, -0.2) is 23.9 Å². The number of benzene rings is 1. The molecule has 0 amide bonds. The van der Waals surface area contributed by atoms with Gasteiger partial charge in [0.25, 0.3) is 0 Å². The van der Waals surface area contributed by atoms with Crippen molar-refractivity contribution in [1.29, 1.82) is 0 Å². The molecular weight excluding hydrogens is 338 g/mol. The molecule has 148 valence electrons. The molecule has 0 heterocycles. The molecule has 0 radical (unpaired) electrons. The molecule has 1 aromatic carbocycles. The fourth-order valence-electron chi connectivity index (χ4n) is 5.59. The van der Waals surface area contributed by atoms with Gasteiger partial charge in [-0.05, 0) is 85.1 Å². The molecule has 0 aliphatic heterocycles. The first-order valence-electron chi connectivity index (χ1n) is 10.3. The third-order valence-corrected chi connectivity index (χ3v) is 7.06. The molecule has 4 heteroatoms.